The fourth-order valence-electron chi connectivity index (χ4n) is 4.56. The van der Waals surface area contributed by atoms with Crippen LogP contribution in [0.4, 0.5) is 0 Å². The van der Waals surface area contributed by atoms with Crippen molar-refractivity contribution in [1.82, 2.24) is 0 Å². The van der Waals surface area contributed by atoms with E-state index in [0.29, 0.717) is 11.1 Å². The van der Waals surface area contributed by atoms with E-state index in [2.05, 4.69) is 0 Å². The van der Waals surface area contributed by atoms with Crippen LogP contribution in [0.15, 0.2) is 51.7 Å². The Hall–Kier alpha value is -4.03. The van der Waals surface area contributed by atoms with Gasteiger partial charge in [0.05, 0.1) is 24.0 Å². The van der Waals surface area contributed by atoms with E-state index in [1.165, 1.54) is 37.3 Å². The molecule has 0 radical (unpaired) electrons. The molecular formula is C28H28O11. The first kappa shape index (κ1) is 28.0. The Balaban J connectivity index is 1.80. The standard InChI is InChI=1S/C28H28O11/c1-13-9-18(32)23(26-22(13)19(33)11-17(37-26)10-14(2)30)27-28(25(36)24(35)20(12-29)38-27)39-21(34)8-5-15-3-6-16(31)7-4-15/h3-9,11,20,24-25,27-29,31-32,35-36H,10,12H2,1-2H3/t20-,24-,25+,27+,28-/m0/s1. The van der Waals surface area contributed by atoms with Gasteiger partial charge in [-0.15, -0.1) is 0 Å². The lowest BCUT2D eigenvalue weighted by molar-refractivity contribution is -0.239. The molecule has 11 heteroatoms. The molecule has 2 aromatic carbocycles. The lowest BCUT2D eigenvalue weighted by Gasteiger charge is -2.42. The maximum Gasteiger partial charge on any atom is 0.331 e. The fraction of sp³-hybridized carbons (Fsp3) is 0.321. The summed E-state index contributed by atoms with van der Waals surface area (Å²) in [5.41, 5.74) is 0.107. The Morgan fingerprint density at radius 2 is 1.77 bits per heavy atom. The quantitative estimate of drug-likeness (QED) is 0.216. The number of rotatable bonds is 7. The Morgan fingerprint density at radius 1 is 1.08 bits per heavy atom. The van der Waals surface area contributed by atoms with Crippen LogP contribution in [-0.2, 0) is 25.5 Å². The largest absolute Gasteiger partial charge is 0.508 e. The molecule has 5 atom stereocenters. The second-order valence-corrected chi connectivity index (χ2v) is 9.37. The number of aliphatic hydroxyl groups excluding tert-OH is 3. The third-order valence-corrected chi connectivity index (χ3v) is 6.40. The van der Waals surface area contributed by atoms with E-state index in [9.17, 15) is 39.9 Å². The maximum atomic E-state index is 13.0. The summed E-state index contributed by atoms with van der Waals surface area (Å²) < 4.78 is 17.1. The van der Waals surface area contributed by atoms with Crippen LogP contribution in [-0.4, -0.2) is 68.3 Å². The Morgan fingerprint density at radius 3 is 2.41 bits per heavy atom. The summed E-state index contributed by atoms with van der Waals surface area (Å²) in [5, 5.41) is 51.6. The minimum absolute atomic E-state index is 0.0201. The van der Waals surface area contributed by atoms with Crippen molar-refractivity contribution >= 4 is 28.8 Å². The van der Waals surface area contributed by atoms with Gasteiger partial charge < -0.3 is 39.4 Å². The molecule has 11 nitrogen and oxygen atoms in total. The molecule has 39 heavy (non-hydrogen) atoms. The molecule has 1 fully saturated rings. The van der Waals surface area contributed by atoms with Crippen LogP contribution in [0.5, 0.6) is 11.5 Å². The van der Waals surface area contributed by atoms with Gasteiger partial charge in [-0.3, -0.25) is 9.59 Å². The second-order valence-electron chi connectivity index (χ2n) is 9.37. The highest BCUT2D eigenvalue weighted by atomic mass is 16.6. The van der Waals surface area contributed by atoms with E-state index in [0.717, 1.165) is 6.08 Å². The van der Waals surface area contributed by atoms with E-state index in [1.54, 1.807) is 19.1 Å². The Kier molecular flexibility index (Phi) is 8.17. The third kappa shape index (κ3) is 5.86. The molecule has 0 amide bonds. The highest BCUT2D eigenvalue weighted by Crippen LogP contribution is 2.42. The summed E-state index contributed by atoms with van der Waals surface area (Å²) in [6.07, 6.45) is -5.63. The molecule has 1 aliphatic heterocycles. The number of ether oxygens (including phenoxy) is 2. The van der Waals surface area contributed by atoms with Crippen molar-refractivity contribution in [2.45, 2.75) is 50.8 Å². The van der Waals surface area contributed by atoms with Gasteiger partial charge in [0.15, 0.2) is 11.5 Å². The number of aryl methyl sites for hydroxylation is 1. The SMILES string of the molecule is CC(=O)Cc1cc(=O)c2c(C)cc(O)c([C@H]3O[C@@H](CO)[C@H](O)[C@@H](O)[C@@H]3OC(=O)C=Cc3ccc(O)cc3)c2o1. The number of aliphatic hydroxyl groups is 3. The van der Waals surface area contributed by atoms with Crippen molar-refractivity contribution in [2.75, 3.05) is 6.61 Å². The van der Waals surface area contributed by atoms with Gasteiger partial charge in [-0.05, 0) is 49.2 Å². The molecule has 0 aliphatic carbocycles. The number of hydrogen-bond donors (Lipinski definition) is 5. The number of aromatic hydroxyl groups is 2. The van der Waals surface area contributed by atoms with Gasteiger partial charge in [-0.2, -0.15) is 0 Å². The van der Waals surface area contributed by atoms with Gasteiger partial charge in [0.1, 0.15) is 53.0 Å². The number of carbonyl (C=O) groups is 2. The molecule has 1 aliphatic rings. The zero-order valence-corrected chi connectivity index (χ0v) is 21.1. The molecule has 0 bridgehead atoms. The van der Waals surface area contributed by atoms with Crippen LogP contribution >= 0.6 is 0 Å². The van der Waals surface area contributed by atoms with Gasteiger partial charge in [0, 0.05) is 12.1 Å². The molecule has 1 aromatic heterocycles. The molecule has 4 rings (SSSR count). The number of hydrogen-bond acceptors (Lipinski definition) is 11. The lowest BCUT2D eigenvalue weighted by atomic mass is 9.89. The summed E-state index contributed by atoms with van der Waals surface area (Å²) in [6, 6.07) is 8.38. The zero-order valence-electron chi connectivity index (χ0n) is 21.1. The number of phenolic OH excluding ortho intramolecular Hbond substituents is 2. The predicted molar refractivity (Wildman–Crippen MR) is 137 cm³/mol. The molecule has 2 heterocycles. The van der Waals surface area contributed by atoms with Crippen molar-refractivity contribution in [1.29, 1.82) is 0 Å². The average Bonchev–Trinajstić information content (AvgIpc) is 2.86. The van der Waals surface area contributed by atoms with Gasteiger partial charge in [-0.25, -0.2) is 4.79 Å². The van der Waals surface area contributed by atoms with Crippen LogP contribution in [0.25, 0.3) is 17.0 Å². The second kappa shape index (κ2) is 11.4. The van der Waals surface area contributed by atoms with Crippen LogP contribution in [0.1, 0.15) is 35.5 Å². The van der Waals surface area contributed by atoms with Crippen LogP contribution in [0, 0.1) is 6.92 Å². The first-order valence-electron chi connectivity index (χ1n) is 12.1. The van der Waals surface area contributed by atoms with Gasteiger partial charge in [-0.1, -0.05) is 12.1 Å². The number of benzene rings is 2. The molecule has 0 saturated carbocycles. The first-order valence-corrected chi connectivity index (χ1v) is 12.1. The van der Waals surface area contributed by atoms with Crippen LogP contribution in [0.3, 0.4) is 0 Å². The topological polar surface area (TPSA) is 184 Å². The monoisotopic (exact) mass is 540 g/mol. The summed E-state index contributed by atoms with van der Waals surface area (Å²) in [5.74, 6) is -1.59. The van der Waals surface area contributed by atoms with E-state index < -0.39 is 54.3 Å². The minimum Gasteiger partial charge on any atom is -0.508 e. The molecule has 0 unspecified atom stereocenters. The molecule has 1 saturated heterocycles. The van der Waals surface area contributed by atoms with Gasteiger partial charge in [0.2, 0.25) is 0 Å². The van der Waals surface area contributed by atoms with Crippen molar-refractivity contribution in [3.63, 3.8) is 0 Å². The highest BCUT2D eigenvalue weighted by molar-refractivity contribution is 5.88. The van der Waals surface area contributed by atoms with Gasteiger partial charge in [0.25, 0.3) is 0 Å². The number of Topliss-reactive ketones (excluding diaryl/α,β-unsaturated/α-hetero) is 1. The zero-order chi connectivity index (χ0) is 28.4. The molecule has 206 valence electrons. The smallest absolute Gasteiger partial charge is 0.331 e. The van der Waals surface area contributed by atoms with Crippen molar-refractivity contribution in [2.24, 2.45) is 0 Å². The number of ketones is 1. The molecule has 5 N–H and O–H groups in total. The Bertz CT molecular complexity index is 1470. The molecular weight excluding hydrogens is 512 g/mol. The number of phenols is 2. The molecule has 0 spiro atoms. The van der Waals surface area contributed by atoms with E-state index in [-0.39, 0.29) is 40.2 Å². The third-order valence-electron chi connectivity index (χ3n) is 6.40. The Labute approximate surface area is 222 Å². The van der Waals surface area contributed by atoms with Crippen molar-refractivity contribution in [3.8, 4) is 11.5 Å². The minimum atomic E-state index is -1.77. The summed E-state index contributed by atoms with van der Waals surface area (Å²) >= 11 is 0. The number of fused-ring (bicyclic) bond motifs is 1. The lowest BCUT2D eigenvalue weighted by Crippen LogP contribution is -2.56. The van der Waals surface area contributed by atoms with Crippen LogP contribution < -0.4 is 5.43 Å². The number of esters is 1. The summed E-state index contributed by atoms with van der Waals surface area (Å²) in [4.78, 5) is 37.4. The van der Waals surface area contributed by atoms with E-state index in [4.69, 9.17) is 13.9 Å². The first-order chi connectivity index (χ1) is 18.5. The van der Waals surface area contributed by atoms with E-state index >= 15 is 0 Å². The normalized spacial score (nSPS) is 23.3. The van der Waals surface area contributed by atoms with Crippen molar-refractivity contribution < 1.29 is 49.0 Å². The fourth-order valence-corrected chi connectivity index (χ4v) is 4.56. The van der Waals surface area contributed by atoms with Crippen LogP contribution in [0.2, 0.25) is 0 Å². The van der Waals surface area contributed by atoms with E-state index in [1.807, 2.05) is 0 Å². The number of carbonyl (C=O) groups excluding carboxylic acids is 2. The summed E-state index contributed by atoms with van der Waals surface area (Å²) in [7, 11) is 0. The average molecular weight is 541 g/mol. The predicted octanol–water partition coefficient (Wildman–Crippen LogP) is 1.42. The van der Waals surface area contributed by atoms with Gasteiger partial charge >= 0.3 is 5.97 Å². The highest BCUT2D eigenvalue weighted by Gasteiger charge is 2.48. The molecule has 3 aromatic rings. The van der Waals surface area contributed by atoms with Crippen molar-refractivity contribution in [3.05, 3.63) is 75.1 Å². The summed E-state index contributed by atoms with van der Waals surface area (Å²) in [6.45, 7) is 2.16. The maximum absolute atomic E-state index is 13.0.